The Morgan fingerprint density at radius 1 is 0.643 bits per heavy atom. The van der Waals surface area contributed by atoms with Gasteiger partial charge in [0.25, 0.3) is 0 Å². The first-order valence-electron chi connectivity index (χ1n) is 4.28. The summed E-state index contributed by atoms with van der Waals surface area (Å²) >= 11 is 0. The third kappa shape index (κ3) is 2750. The van der Waals surface area contributed by atoms with Crippen molar-refractivity contribution >= 4 is 21.8 Å². The van der Waals surface area contributed by atoms with Gasteiger partial charge in [-0.3, -0.25) is 7.32 Å². The highest BCUT2D eigenvalue weighted by atomic mass is 31.2. The maximum absolute atomic E-state index is 8.42. The summed E-state index contributed by atoms with van der Waals surface area (Å²) in [4.78, 5) is 0. The van der Waals surface area contributed by atoms with Crippen molar-refractivity contribution in [3.05, 3.63) is 0 Å². The molecule has 0 radical (unpaired) electrons. The lowest BCUT2D eigenvalue weighted by Crippen LogP contribution is -2.56. The van der Waals surface area contributed by atoms with E-state index in [0.29, 0.717) is 0 Å². The fourth-order valence-electron chi connectivity index (χ4n) is 0. The predicted octanol–water partition coefficient (Wildman–Crippen LogP) is -0.789. The molecule has 0 unspecified atom stereocenters. The van der Waals surface area contributed by atoms with Crippen molar-refractivity contribution in [2.24, 2.45) is 0 Å². The summed E-state index contributed by atoms with van der Waals surface area (Å²) in [5.41, 5.74) is 0. The van der Waals surface area contributed by atoms with E-state index in [1.807, 2.05) is 0 Å². The van der Waals surface area contributed by atoms with Crippen LogP contribution in [0.3, 0.4) is 0 Å². The lowest BCUT2D eigenvalue weighted by atomic mass is 10.3. The van der Waals surface area contributed by atoms with Gasteiger partial charge < -0.3 is 15.1 Å². The monoisotopic (exact) mass is 242 g/mol. The van der Waals surface area contributed by atoms with E-state index < -0.39 is 7.32 Å². The Morgan fingerprint density at radius 3 is 0.643 bits per heavy atom. The summed E-state index contributed by atoms with van der Waals surface area (Å²) in [6.07, 6.45) is 0. The van der Waals surface area contributed by atoms with Gasteiger partial charge in [0.2, 0.25) is 0 Å². The Hall–Kier alpha value is 0.805. The van der Waals surface area contributed by atoms with E-state index in [9.17, 15) is 0 Å². The molecule has 0 saturated heterocycles. The van der Waals surface area contributed by atoms with Crippen LogP contribution in [0.1, 0.15) is 1.43 Å². The van der Waals surface area contributed by atoms with Crippen LogP contribution >= 0.6 is 14.5 Å². The van der Waals surface area contributed by atoms with Crippen LogP contribution in [0.5, 0.6) is 0 Å². The van der Waals surface area contributed by atoms with Gasteiger partial charge in [0, 0.05) is 67.8 Å². The Labute approximate surface area is 92.3 Å². The molecule has 0 aromatic heterocycles. The first-order chi connectivity index (χ1) is 5.73. The molecule has 0 fully saturated rings. The molecule has 3 nitrogen and oxygen atoms in total. The molecule has 0 aromatic rings. The van der Waals surface area contributed by atoms with Crippen LogP contribution < -0.4 is 15.1 Å². The molecule has 0 aliphatic rings. The minimum Gasteiger partial charge on any atom is -0.907 e. The maximum Gasteiger partial charge on any atom is 1.00 e. The second-order valence-corrected chi connectivity index (χ2v) is 16.4. The van der Waals surface area contributed by atoms with Gasteiger partial charge in [-0.05, 0) is 0 Å². The maximum atomic E-state index is 8.42. The van der Waals surface area contributed by atoms with E-state index in [4.69, 9.17) is 15.1 Å². The fraction of sp³-hybridized carbons (Fsp3) is 1.00. The molecule has 0 saturated carbocycles. The quantitative estimate of drug-likeness (QED) is 0.413. The van der Waals surface area contributed by atoms with Gasteiger partial charge in [-0.2, -0.15) is 0 Å². The third-order valence-corrected chi connectivity index (χ3v) is 0. The number of hydrogen-bond acceptors (Lipinski definition) is 3. The van der Waals surface area contributed by atoms with Crippen molar-refractivity contribution in [1.29, 1.82) is 0 Å². The predicted molar refractivity (Wildman–Crippen MR) is 68.1 cm³/mol. The van der Waals surface area contributed by atoms with Crippen molar-refractivity contribution in [1.82, 2.24) is 0 Å². The molecule has 0 aliphatic carbocycles. The molecule has 0 amide bonds. The zero-order valence-electron chi connectivity index (χ0n) is 11.7. The van der Waals surface area contributed by atoms with Gasteiger partial charge in [0.1, 0.15) is 0 Å². The molecule has 0 heterocycles. The molecule has 88 valence electrons. The summed E-state index contributed by atoms with van der Waals surface area (Å²) < 4.78 is 0. The minimum absolute atomic E-state index is 0. The van der Waals surface area contributed by atoms with E-state index in [0.717, 1.165) is 0 Å². The molecule has 0 bridgehead atoms. The van der Waals surface area contributed by atoms with E-state index in [1.54, 1.807) is 0 Å². The zero-order chi connectivity index (χ0) is 12.6. The van der Waals surface area contributed by atoms with Crippen LogP contribution in [0, 0.1) is 0 Å². The first-order valence-corrected chi connectivity index (χ1v) is 11.4. The molecule has 0 rings (SSSR count). The zero-order valence-corrected chi connectivity index (χ0v) is 12.5. The smallest absolute Gasteiger partial charge is 0.907 e. The van der Waals surface area contributed by atoms with Gasteiger partial charge >= 0.3 is 1.43 Å². The molecule has 6 heteroatoms. The Morgan fingerprint density at radius 2 is 0.643 bits per heavy atom. The van der Waals surface area contributed by atoms with Crippen molar-refractivity contribution in [2.75, 3.05) is 53.3 Å². The van der Waals surface area contributed by atoms with E-state index >= 15 is 0 Å². The summed E-state index contributed by atoms with van der Waals surface area (Å²) in [6, 6.07) is 0. The SMILES string of the molecule is C[P+](C)(C)C.C[P+](C)(C)C.[H+].[O-]B([O-])[O-]. The van der Waals surface area contributed by atoms with Gasteiger partial charge in [-0.15, -0.1) is 0 Å². The van der Waals surface area contributed by atoms with Gasteiger partial charge in [0.05, 0.1) is 0 Å². The molecule has 0 aromatic carbocycles. The van der Waals surface area contributed by atoms with Crippen LogP contribution in [-0.4, -0.2) is 60.6 Å². The molecule has 14 heavy (non-hydrogen) atoms. The highest BCUT2D eigenvalue weighted by Crippen LogP contribution is 2.40. The summed E-state index contributed by atoms with van der Waals surface area (Å²) in [7, 11) is -3.69. The number of rotatable bonds is 0. The molecule has 0 aliphatic heterocycles. The van der Waals surface area contributed by atoms with Gasteiger partial charge in [-0.25, -0.2) is 0 Å². The topological polar surface area (TPSA) is 69.2 Å². The summed E-state index contributed by atoms with van der Waals surface area (Å²) in [6.45, 7) is 18.4. The first kappa shape index (κ1) is 20.2. The van der Waals surface area contributed by atoms with Crippen molar-refractivity contribution in [2.45, 2.75) is 0 Å². The third-order valence-electron chi connectivity index (χ3n) is 0. The second-order valence-electron chi connectivity index (χ2n) is 5.66. The average molecular weight is 242 g/mol. The lowest BCUT2D eigenvalue weighted by Gasteiger charge is -2.35. The number of hydrogen-bond donors (Lipinski definition) is 0. The average Bonchev–Trinajstić information content (AvgIpc) is 1.45. The second kappa shape index (κ2) is 9.06. The highest BCUT2D eigenvalue weighted by Gasteiger charge is 2.03. The normalized spacial score (nSPS) is 10.5. The van der Waals surface area contributed by atoms with E-state index in [1.165, 1.54) is 0 Å². The van der Waals surface area contributed by atoms with Crippen LogP contribution in [0.15, 0.2) is 0 Å². The fourth-order valence-corrected chi connectivity index (χ4v) is 0. The van der Waals surface area contributed by atoms with Crippen LogP contribution in [0.4, 0.5) is 0 Å². The van der Waals surface area contributed by atoms with Crippen LogP contribution in [0.2, 0.25) is 0 Å². The van der Waals surface area contributed by atoms with Crippen LogP contribution in [0.25, 0.3) is 0 Å². The summed E-state index contributed by atoms with van der Waals surface area (Å²) in [5.74, 6) is 0. The van der Waals surface area contributed by atoms with Gasteiger partial charge in [0.15, 0.2) is 0 Å². The minimum atomic E-state index is -2.92. The Balaban J connectivity index is -0.0000000590. The van der Waals surface area contributed by atoms with Crippen molar-refractivity contribution < 1.29 is 16.5 Å². The van der Waals surface area contributed by atoms with E-state index in [-0.39, 0.29) is 16.0 Å². The molecule has 0 atom stereocenters. The Kier molecular flexibility index (Phi) is 13.1. The van der Waals surface area contributed by atoms with Crippen molar-refractivity contribution in [3.63, 3.8) is 0 Å². The molecular weight excluding hydrogens is 217 g/mol. The molecule has 0 spiro atoms. The van der Waals surface area contributed by atoms with Crippen LogP contribution in [-0.2, 0) is 0 Å². The summed E-state index contributed by atoms with van der Waals surface area (Å²) in [5, 5.41) is 25.2. The van der Waals surface area contributed by atoms with E-state index in [2.05, 4.69) is 53.3 Å². The molecule has 0 N–H and O–H groups in total. The largest absolute Gasteiger partial charge is 1.00 e. The lowest BCUT2D eigenvalue weighted by molar-refractivity contribution is -0.479. The highest BCUT2D eigenvalue weighted by molar-refractivity contribution is 7.73. The standard InChI is InChI=1S/2C4H12P.BO3/c2*1-5(2,3)4;2-1(3)4/h2*1-4H3;/q2*+1;-3/p+1. The Bertz CT molecular complexity index is 97.3. The molecular formula is C8H25BO3P2. The van der Waals surface area contributed by atoms with Gasteiger partial charge in [-0.1, -0.05) is 0 Å². The van der Waals surface area contributed by atoms with Crippen molar-refractivity contribution in [3.8, 4) is 0 Å².